The summed E-state index contributed by atoms with van der Waals surface area (Å²) in [4.78, 5) is 0. The van der Waals surface area contributed by atoms with Gasteiger partial charge in [-0.2, -0.15) is 0 Å². The molecule has 0 amide bonds. The maximum atomic E-state index is 10.5. The van der Waals surface area contributed by atoms with E-state index < -0.39 is 0 Å². The quantitative estimate of drug-likeness (QED) is 0.692. The number of benzene rings is 1. The summed E-state index contributed by atoms with van der Waals surface area (Å²) in [5.74, 6) is 3.43. The Bertz CT molecular complexity index is 617. The molecule has 1 heteroatoms. The van der Waals surface area contributed by atoms with Crippen LogP contribution < -0.4 is 0 Å². The molecule has 2 saturated carbocycles. The van der Waals surface area contributed by atoms with Crippen molar-refractivity contribution in [1.82, 2.24) is 0 Å². The lowest BCUT2D eigenvalue weighted by atomic mass is 9.54. The van der Waals surface area contributed by atoms with Crippen LogP contribution in [0.1, 0.15) is 61.6 Å². The fourth-order valence-electron chi connectivity index (χ4n) is 6.29. The molecule has 3 aliphatic rings. The van der Waals surface area contributed by atoms with Gasteiger partial charge in [0.15, 0.2) is 0 Å². The zero-order chi connectivity index (χ0) is 15.5. The molecule has 1 N–H and O–H groups in total. The highest BCUT2D eigenvalue weighted by Crippen LogP contribution is 2.63. The van der Waals surface area contributed by atoms with Crippen molar-refractivity contribution in [2.75, 3.05) is 0 Å². The Morgan fingerprint density at radius 2 is 2.05 bits per heavy atom. The predicted octanol–water partition coefficient (Wildman–Crippen LogP) is 5.36. The van der Waals surface area contributed by atoms with Gasteiger partial charge in [0, 0.05) is 5.56 Å². The van der Waals surface area contributed by atoms with E-state index in [0.29, 0.717) is 23.0 Å². The number of aromatic hydroxyl groups is 1. The van der Waals surface area contributed by atoms with Crippen LogP contribution >= 0.6 is 0 Å². The van der Waals surface area contributed by atoms with Gasteiger partial charge in [0.25, 0.3) is 0 Å². The minimum Gasteiger partial charge on any atom is -0.508 e. The molecule has 0 unspecified atom stereocenters. The number of aryl methyl sites for hydroxylation is 1. The van der Waals surface area contributed by atoms with Gasteiger partial charge >= 0.3 is 0 Å². The van der Waals surface area contributed by atoms with Gasteiger partial charge in [-0.3, -0.25) is 0 Å². The molecule has 0 saturated heterocycles. The van der Waals surface area contributed by atoms with Crippen molar-refractivity contribution in [3.8, 4) is 5.75 Å². The second-order valence-electron chi connectivity index (χ2n) is 8.17. The first-order valence-corrected chi connectivity index (χ1v) is 9.00. The van der Waals surface area contributed by atoms with Crippen LogP contribution in [0.25, 0.3) is 0 Å². The van der Waals surface area contributed by atoms with Crippen molar-refractivity contribution >= 4 is 0 Å². The van der Waals surface area contributed by atoms with E-state index in [4.69, 9.17) is 0 Å². The Morgan fingerprint density at radius 1 is 1.23 bits per heavy atom. The lowest BCUT2D eigenvalue weighted by molar-refractivity contribution is 0.0402. The molecule has 5 atom stereocenters. The predicted molar refractivity (Wildman–Crippen MR) is 91.1 cm³/mol. The van der Waals surface area contributed by atoms with Gasteiger partial charge in [0.1, 0.15) is 5.75 Å². The van der Waals surface area contributed by atoms with Gasteiger partial charge in [0.2, 0.25) is 0 Å². The van der Waals surface area contributed by atoms with Gasteiger partial charge in [-0.25, -0.2) is 0 Å². The molecule has 0 aromatic heterocycles. The molecule has 1 nitrogen and oxygen atoms in total. The summed E-state index contributed by atoms with van der Waals surface area (Å²) in [6.45, 7) is 8.82. The number of hydrogen-bond donors (Lipinski definition) is 1. The molecule has 1 aromatic carbocycles. The summed E-state index contributed by atoms with van der Waals surface area (Å²) in [7, 11) is 0. The van der Waals surface area contributed by atoms with E-state index in [-0.39, 0.29) is 0 Å². The maximum absolute atomic E-state index is 10.5. The number of fused-ring (bicyclic) bond motifs is 5. The van der Waals surface area contributed by atoms with Crippen molar-refractivity contribution in [1.29, 1.82) is 0 Å². The second kappa shape index (κ2) is 4.88. The minimum atomic E-state index is 0.458. The van der Waals surface area contributed by atoms with Crippen LogP contribution in [0.15, 0.2) is 24.8 Å². The Hall–Kier alpha value is -1.24. The van der Waals surface area contributed by atoms with Gasteiger partial charge in [0.05, 0.1) is 0 Å². The molecule has 0 aliphatic heterocycles. The highest BCUT2D eigenvalue weighted by molar-refractivity contribution is 5.48. The first kappa shape index (κ1) is 14.4. The van der Waals surface area contributed by atoms with Gasteiger partial charge in [-0.1, -0.05) is 19.1 Å². The van der Waals surface area contributed by atoms with E-state index in [1.54, 1.807) is 0 Å². The highest BCUT2D eigenvalue weighted by atomic mass is 16.3. The van der Waals surface area contributed by atoms with Crippen molar-refractivity contribution in [2.24, 2.45) is 23.2 Å². The van der Waals surface area contributed by atoms with Crippen LogP contribution in [-0.4, -0.2) is 5.11 Å². The van der Waals surface area contributed by atoms with Crippen molar-refractivity contribution in [2.45, 2.75) is 58.3 Å². The second-order valence-corrected chi connectivity index (χ2v) is 8.17. The van der Waals surface area contributed by atoms with E-state index in [9.17, 15) is 5.11 Å². The Balaban J connectivity index is 1.75. The average Bonchev–Trinajstić information content (AvgIpc) is 2.87. The summed E-state index contributed by atoms with van der Waals surface area (Å²) < 4.78 is 0. The normalized spacial score (nSPS) is 39.7. The molecule has 1 aromatic rings. The number of phenols is 1. The number of allylic oxidation sites excluding steroid dienone is 1. The fourth-order valence-corrected chi connectivity index (χ4v) is 6.29. The molecule has 0 spiro atoms. The molecular formula is C21H28O. The zero-order valence-electron chi connectivity index (χ0n) is 13.9. The molecule has 4 rings (SSSR count). The van der Waals surface area contributed by atoms with Crippen LogP contribution in [0, 0.1) is 30.1 Å². The standard InChI is InChI=1S/C21H28O/c1-4-14-6-9-18-16-8-7-15-13(2)5-10-19(22)20(15)17(16)11-12-21(14,18)3/h4-5,10,14,16-18,22H,1,6-9,11-12H2,2-3H3/t14-,16+,17-,18-,21+/m0/s1. The molecular weight excluding hydrogens is 268 g/mol. The van der Waals surface area contributed by atoms with Crippen molar-refractivity contribution in [3.63, 3.8) is 0 Å². The number of hydrogen-bond acceptors (Lipinski definition) is 1. The Kier molecular flexibility index (Phi) is 3.18. The third kappa shape index (κ3) is 1.77. The van der Waals surface area contributed by atoms with E-state index in [1.807, 2.05) is 6.07 Å². The summed E-state index contributed by atoms with van der Waals surface area (Å²) in [6.07, 6.45) is 9.90. The van der Waals surface area contributed by atoms with E-state index in [1.165, 1.54) is 48.8 Å². The molecule has 2 fully saturated rings. The van der Waals surface area contributed by atoms with Crippen LogP contribution in [0.2, 0.25) is 0 Å². The zero-order valence-corrected chi connectivity index (χ0v) is 13.9. The first-order chi connectivity index (χ1) is 10.6. The molecule has 0 bridgehead atoms. The van der Waals surface area contributed by atoms with Crippen molar-refractivity contribution in [3.05, 3.63) is 41.5 Å². The number of phenolic OH excluding ortho intramolecular Hbond substituents is 1. The summed E-state index contributed by atoms with van der Waals surface area (Å²) in [5.41, 5.74) is 4.58. The van der Waals surface area contributed by atoms with Gasteiger partial charge in [-0.05, 0) is 91.7 Å². The monoisotopic (exact) mass is 296 g/mol. The third-order valence-corrected chi connectivity index (χ3v) is 7.46. The van der Waals surface area contributed by atoms with Crippen molar-refractivity contribution < 1.29 is 5.11 Å². The topological polar surface area (TPSA) is 20.2 Å². The van der Waals surface area contributed by atoms with Crippen LogP contribution in [0.3, 0.4) is 0 Å². The average molecular weight is 296 g/mol. The lowest BCUT2D eigenvalue weighted by Crippen LogP contribution is -2.42. The Morgan fingerprint density at radius 3 is 2.82 bits per heavy atom. The van der Waals surface area contributed by atoms with E-state index in [2.05, 4.69) is 32.6 Å². The fraction of sp³-hybridized carbons (Fsp3) is 0.619. The largest absolute Gasteiger partial charge is 0.508 e. The highest BCUT2D eigenvalue weighted by Gasteiger charge is 2.54. The third-order valence-electron chi connectivity index (χ3n) is 7.46. The van der Waals surface area contributed by atoms with E-state index >= 15 is 0 Å². The lowest BCUT2D eigenvalue weighted by Gasteiger charge is -2.51. The van der Waals surface area contributed by atoms with Crippen LogP contribution in [0.4, 0.5) is 0 Å². The smallest absolute Gasteiger partial charge is 0.119 e. The van der Waals surface area contributed by atoms with Gasteiger partial charge in [-0.15, -0.1) is 6.58 Å². The first-order valence-electron chi connectivity index (χ1n) is 9.00. The molecule has 0 heterocycles. The molecule has 22 heavy (non-hydrogen) atoms. The molecule has 3 aliphatic carbocycles. The molecule has 118 valence electrons. The number of rotatable bonds is 1. The Labute approximate surface area is 134 Å². The molecule has 0 radical (unpaired) electrons. The summed E-state index contributed by atoms with van der Waals surface area (Å²) >= 11 is 0. The van der Waals surface area contributed by atoms with Gasteiger partial charge < -0.3 is 5.11 Å². The summed E-state index contributed by atoms with van der Waals surface area (Å²) in [6, 6.07) is 4.01. The van der Waals surface area contributed by atoms with Crippen LogP contribution in [-0.2, 0) is 6.42 Å². The SMILES string of the molecule is C=C[C@H]1CC[C@H]2[C@@H]3CCc4c(C)ccc(O)c4[C@H]3CC[C@]12C. The van der Waals surface area contributed by atoms with E-state index in [0.717, 1.165) is 18.3 Å². The maximum Gasteiger partial charge on any atom is 0.119 e. The summed E-state index contributed by atoms with van der Waals surface area (Å²) in [5, 5.41) is 10.5. The van der Waals surface area contributed by atoms with Crippen LogP contribution in [0.5, 0.6) is 5.75 Å². The minimum absolute atomic E-state index is 0.458.